The Morgan fingerprint density at radius 1 is 0.852 bits per heavy atom. The van der Waals surface area contributed by atoms with Crippen molar-refractivity contribution in [3.63, 3.8) is 0 Å². The molecule has 0 aromatic heterocycles. The van der Waals surface area contributed by atoms with Gasteiger partial charge in [-0.05, 0) is 66.6 Å². The van der Waals surface area contributed by atoms with Crippen LogP contribution >= 0.6 is 0 Å². The molecule has 4 rings (SSSR count). The maximum Gasteiger partial charge on any atom is 0.503 e. The molecule has 18 heteroatoms. The minimum Gasteiger partial charge on any atom is -0.450 e. The molecule has 54 heavy (non-hydrogen) atoms. The van der Waals surface area contributed by atoms with Crippen LogP contribution in [0.1, 0.15) is 48.2 Å². The van der Waals surface area contributed by atoms with E-state index < -0.39 is 64.6 Å². The Morgan fingerprint density at radius 3 is 2.00 bits per heavy atom. The summed E-state index contributed by atoms with van der Waals surface area (Å²) in [6.07, 6.45) is 1.23. The second-order valence-corrected chi connectivity index (χ2v) is 12.1. The summed E-state index contributed by atoms with van der Waals surface area (Å²) in [6, 6.07) is 16.0. The van der Waals surface area contributed by atoms with E-state index in [2.05, 4.69) is 21.3 Å². The van der Waals surface area contributed by atoms with Crippen LogP contribution in [-0.2, 0) is 25.6 Å². The number of anilines is 2. The molecule has 1 aliphatic heterocycles. The third-order valence-corrected chi connectivity index (χ3v) is 7.85. The predicted octanol–water partition coefficient (Wildman–Crippen LogP) is 3.16. The van der Waals surface area contributed by atoms with Gasteiger partial charge >= 0.3 is 12.2 Å². The fourth-order valence-electron chi connectivity index (χ4n) is 5.20. The topological polar surface area (TPSA) is 280 Å². The number of nitro benzene ring substituents is 1. The highest BCUT2D eigenvalue weighted by Gasteiger charge is 2.30. The van der Waals surface area contributed by atoms with Crippen LogP contribution in [0.2, 0.25) is 0 Å². The molecule has 3 aromatic carbocycles. The standard InChI is InChI=1S/C35H37N7O8.CH2O3/c1-21(2)31(40-32(45)23-11-15-25(16-12-23)41-29(43)17-18-30(41)44)34(47)39-28(8-5-19-37-35(36)48)33(46)38-27-7-4-3-6-24(27)20-22-9-13-26(14-10-22)42(49)50;2-1(3)4/h3-4,6-7,9-18,21,28,31H,5,8,19-20H2,1-2H3,(H,38,46)(H,39,47)(H,40,45)(H3,36,37,48);(H2,2,3,4)/t28-,31-;/m0./s1. The highest BCUT2D eigenvalue weighted by molar-refractivity contribution is 6.28. The van der Waals surface area contributed by atoms with E-state index in [4.69, 9.17) is 20.7 Å². The monoisotopic (exact) mass is 745 g/mol. The summed E-state index contributed by atoms with van der Waals surface area (Å²) in [5.74, 6) is -3.15. The maximum absolute atomic E-state index is 13.7. The third-order valence-electron chi connectivity index (χ3n) is 7.85. The summed E-state index contributed by atoms with van der Waals surface area (Å²) >= 11 is 0. The molecular weight excluding hydrogens is 706 g/mol. The van der Waals surface area contributed by atoms with Crippen molar-refractivity contribution in [2.45, 2.75) is 45.2 Å². The first kappa shape index (κ1) is 41.3. The molecule has 284 valence electrons. The van der Waals surface area contributed by atoms with E-state index in [1.165, 1.54) is 36.4 Å². The van der Waals surface area contributed by atoms with Crippen molar-refractivity contribution in [2.75, 3.05) is 16.8 Å². The van der Waals surface area contributed by atoms with Gasteiger partial charge in [0, 0.05) is 42.1 Å². The lowest BCUT2D eigenvalue weighted by atomic mass is 10.0. The van der Waals surface area contributed by atoms with Crippen molar-refractivity contribution in [1.29, 1.82) is 0 Å². The van der Waals surface area contributed by atoms with E-state index >= 15 is 0 Å². The first-order valence-corrected chi connectivity index (χ1v) is 16.4. The number of nitrogens with zero attached hydrogens (tertiary/aromatic N) is 2. The van der Waals surface area contributed by atoms with Crippen LogP contribution in [0.3, 0.4) is 0 Å². The average Bonchev–Trinajstić information content (AvgIpc) is 3.45. The van der Waals surface area contributed by atoms with Crippen LogP contribution in [-0.4, -0.2) is 75.5 Å². The first-order chi connectivity index (χ1) is 25.6. The molecule has 0 unspecified atom stereocenters. The molecule has 2 atom stereocenters. The number of non-ortho nitro benzene ring substituents is 1. The number of carbonyl (C=O) groups is 7. The number of primary amides is 1. The van der Waals surface area contributed by atoms with Gasteiger partial charge in [-0.25, -0.2) is 14.5 Å². The number of urea groups is 1. The molecule has 0 saturated carbocycles. The molecule has 0 bridgehead atoms. The summed E-state index contributed by atoms with van der Waals surface area (Å²) in [6.45, 7) is 3.60. The summed E-state index contributed by atoms with van der Waals surface area (Å²) in [4.78, 5) is 95.7. The van der Waals surface area contributed by atoms with Gasteiger partial charge in [0.1, 0.15) is 12.1 Å². The highest BCUT2D eigenvalue weighted by Crippen LogP contribution is 2.22. The molecule has 0 radical (unpaired) electrons. The van der Waals surface area contributed by atoms with E-state index in [0.717, 1.165) is 28.2 Å². The summed E-state index contributed by atoms with van der Waals surface area (Å²) < 4.78 is 0. The molecule has 0 saturated heterocycles. The fourth-order valence-corrected chi connectivity index (χ4v) is 5.20. The fraction of sp³-hybridized carbons (Fsp3) is 0.250. The van der Waals surface area contributed by atoms with Crippen molar-refractivity contribution >= 4 is 58.8 Å². The maximum atomic E-state index is 13.7. The van der Waals surface area contributed by atoms with Crippen LogP contribution in [0.15, 0.2) is 84.9 Å². The molecule has 1 heterocycles. The van der Waals surface area contributed by atoms with E-state index in [9.17, 15) is 38.9 Å². The molecular formula is C36H39N7O11. The van der Waals surface area contributed by atoms with E-state index in [-0.39, 0.29) is 36.3 Å². The third kappa shape index (κ3) is 12.3. The number of para-hydroxylation sites is 1. The number of nitrogens with one attached hydrogen (secondary N) is 4. The minimum atomic E-state index is -1.83. The second kappa shape index (κ2) is 19.5. The SMILES string of the molecule is CC(C)[C@H](NC(=O)c1ccc(N2C(=O)C=CC2=O)cc1)C(=O)N[C@@H](CCCNC(N)=O)C(=O)Nc1ccccc1Cc1ccc([N+](=O)[O-])cc1.O=C(O)O. The molecule has 3 aromatic rings. The molecule has 18 nitrogen and oxygen atoms in total. The number of hydrogen-bond donors (Lipinski definition) is 7. The van der Waals surface area contributed by atoms with Crippen LogP contribution in [0, 0.1) is 16.0 Å². The summed E-state index contributed by atoms with van der Waals surface area (Å²) in [7, 11) is 0. The van der Waals surface area contributed by atoms with Gasteiger partial charge in [-0.3, -0.25) is 34.1 Å². The van der Waals surface area contributed by atoms with Gasteiger partial charge in [0.25, 0.3) is 23.4 Å². The van der Waals surface area contributed by atoms with Crippen LogP contribution in [0.25, 0.3) is 0 Å². The number of carbonyl (C=O) groups excluding carboxylic acids is 6. The van der Waals surface area contributed by atoms with Crippen LogP contribution in [0.4, 0.5) is 26.7 Å². The lowest BCUT2D eigenvalue weighted by molar-refractivity contribution is -0.384. The van der Waals surface area contributed by atoms with Crippen LogP contribution in [0.5, 0.6) is 0 Å². The molecule has 0 fully saturated rings. The molecule has 0 spiro atoms. The first-order valence-electron chi connectivity index (χ1n) is 16.4. The predicted molar refractivity (Wildman–Crippen MR) is 195 cm³/mol. The quantitative estimate of drug-likeness (QED) is 0.0513. The Hall–Kier alpha value is -7.11. The average molecular weight is 746 g/mol. The summed E-state index contributed by atoms with van der Waals surface area (Å²) in [5.41, 5.74) is 7.56. The number of nitro groups is 1. The van der Waals surface area contributed by atoms with Crippen molar-refractivity contribution in [3.05, 3.63) is 112 Å². The zero-order valence-electron chi connectivity index (χ0n) is 29.2. The number of hydrogen-bond acceptors (Lipinski definition) is 9. The molecule has 0 aliphatic carbocycles. The van der Waals surface area contributed by atoms with Gasteiger partial charge in [-0.1, -0.05) is 44.2 Å². The van der Waals surface area contributed by atoms with Crippen LogP contribution < -0.4 is 31.9 Å². The van der Waals surface area contributed by atoms with Crippen molar-refractivity contribution in [2.24, 2.45) is 11.7 Å². The van der Waals surface area contributed by atoms with E-state index in [0.29, 0.717) is 12.1 Å². The lowest BCUT2D eigenvalue weighted by Crippen LogP contribution is -2.54. The number of carboxylic acid groups (broad SMARTS) is 2. The van der Waals surface area contributed by atoms with Gasteiger partial charge in [0.05, 0.1) is 10.6 Å². The van der Waals surface area contributed by atoms with Crippen molar-refractivity contribution in [1.82, 2.24) is 16.0 Å². The Labute approximate surface area is 308 Å². The lowest BCUT2D eigenvalue weighted by Gasteiger charge is -2.26. The Balaban J connectivity index is 0.00000186. The number of amides is 7. The van der Waals surface area contributed by atoms with E-state index in [1.807, 2.05) is 0 Å². The number of imide groups is 1. The molecule has 1 aliphatic rings. The van der Waals surface area contributed by atoms with Gasteiger partial charge in [-0.15, -0.1) is 0 Å². The van der Waals surface area contributed by atoms with E-state index in [1.54, 1.807) is 50.2 Å². The number of benzene rings is 3. The second-order valence-electron chi connectivity index (χ2n) is 12.1. The van der Waals surface area contributed by atoms with Gasteiger partial charge in [0.2, 0.25) is 11.8 Å². The molecule has 8 N–H and O–H groups in total. The van der Waals surface area contributed by atoms with Gasteiger partial charge in [0.15, 0.2) is 0 Å². The highest BCUT2D eigenvalue weighted by atomic mass is 16.6. The Kier molecular flexibility index (Phi) is 14.9. The smallest absolute Gasteiger partial charge is 0.450 e. The van der Waals surface area contributed by atoms with Crippen molar-refractivity contribution < 1.29 is 48.7 Å². The Bertz CT molecular complexity index is 1890. The largest absolute Gasteiger partial charge is 0.503 e. The Morgan fingerprint density at radius 2 is 1.44 bits per heavy atom. The summed E-state index contributed by atoms with van der Waals surface area (Å²) in [5, 5.41) is 35.8. The normalized spacial score (nSPS) is 12.9. The zero-order chi connectivity index (χ0) is 39.9. The van der Waals surface area contributed by atoms with Gasteiger partial charge < -0.3 is 37.2 Å². The van der Waals surface area contributed by atoms with Gasteiger partial charge in [-0.2, -0.15) is 0 Å². The zero-order valence-corrected chi connectivity index (χ0v) is 29.2. The van der Waals surface area contributed by atoms with Crippen molar-refractivity contribution in [3.8, 4) is 0 Å². The molecule has 7 amide bonds. The number of rotatable bonds is 15. The number of nitrogens with two attached hydrogens (primary N) is 1. The minimum absolute atomic E-state index is 0.0424.